The van der Waals surface area contributed by atoms with Gasteiger partial charge in [-0.25, -0.2) is 8.78 Å². The number of halogens is 2. The van der Waals surface area contributed by atoms with Crippen molar-refractivity contribution in [2.75, 3.05) is 6.61 Å². The topological polar surface area (TPSA) is 33.1 Å². The standard InChI is InChI=1S/C10H11F2NO/c1-2-14-10(13)5-7-3-8(11)6-9(12)4-7/h3-4,6,13H,2,5H2,1H3. The molecule has 0 spiro atoms. The molecule has 0 saturated carbocycles. The summed E-state index contributed by atoms with van der Waals surface area (Å²) in [5.74, 6) is -1.26. The van der Waals surface area contributed by atoms with Gasteiger partial charge >= 0.3 is 0 Å². The third-order valence-electron chi connectivity index (χ3n) is 1.61. The van der Waals surface area contributed by atoms with Crippen LogP contribution in [0.4, 0.5) is 8.78 Å². The lowest BCUT2D eigenvalue weighted by molar-refractivity contribution is 0.317. The zero-order valence-electron chi connectivity index (χ0n) is 7.81. The highest BCUT2D eigenvalue weighted by molar-refractivity contribution is 5.75. The van der Waals surface area contributed by atoms with Crippen molar-refractivity contribution in [3.8, 4) is 0 Å². The first kappa shape index (κ1) is 10.6. The molecule has 4 heteroatoms. The Balaban J connectivity index is 2.71. The first-order valence-electron chi connectivity index (χ1n) is 4.27. The Kier molecular flexibility index (Phi) is 3.56. The molecule has 1 N–H and O–H groups in total. The van der Waals surface area contributed by atoms with Crippen molar-refractivity contribution in [1.82, 2.24) is 0 Å². The largest absolute Gasteiger partial charge is 0.481 e. The first-order valence-corrected chi connectivity index (χ1v) is 4.27. The van der Waals surface area contributed by atoms with Crippen LogP contribution in [0.15, 0.2) is 18.2 Å². The monoisotopic (exact) mass is 199 g/mol. The van der Waals surface area contributed by atoms with E-state index >= 15 is 0 Å². The molecule has 0 bridgehead atoms. The Labute approximate surface area is 81.0 Å². The van der Waals surface area contributed by atoms with Crippen LogP contribution in [-0.2, 0) is 11.2 Å². The van der Waals surface area contributed by atoms with E-state index in [1.165, 1.54) is 12.1 Å². The molecule has 1 rings (SSSR count). The van der Waals surface area contributed by atoms with Crippen LogP contribution in [0.1, 0.15) is 12.5 Å². The molecule has 1 aromatic rings. The lowest BCUT2D eigenvalue weighted by atomic mass is 10.1. The number of hydrogen-bond donors (Lipinski definition) is 1. The second-order valence-electron chi connectivity index (χ2n) is 2.81. The van der Waals surface area contributed by atoms with Crippen LogP contribution in [0.25, 0.3) is 0 Å². The first-order chi connectivity index (χ1) is 6.61. The molecule has 0 atom stereocenters. The Bertz CT molecular complexity index is 319. The van der Waals surface area contributed by atoms with E-state index in [1.54, 1.807) is 6.92 Å². The second kappa shape index (κ2) is 4.69. The zero-order chi connectivity index (χ0) is 10.6. The molecule has 2 nitrogen and oxygen atoms in total. The fourth-order valence-electron chi connectivity index (χ4n) is 1.12. The van der Waals surface area contributed by atoms with Crippen LogP contribution < -0.4 is 0 Å². The summed E-state index contributed by atoms with van der Waals surface area (Å²) in [6.07, 6.45) is 0.114. The minimum absolute atomic E-state index is 0.0116. The summed E-state index contributed by atoms with van der Waals surface area (Å²) in [7, 11) is 0. The van der Waals surface area contributed by atoms with Gasteiger partial charge in [0.15, 0.2) is 5.90 Å². The van der Waals surface area contributed by atoms with Gasteiger partial charge in [-0.3, -0.25) is 5.41 Å². The van der Waals surface area contributed by atoms with Gasteiger partial charge in [0, 0.05) is 12.5 Å². The normalized spacial score (nSPS) is 9.93. The summed E-state index contributed by atoms with van der Waals surface area (Å²) in [5.41, 5.74) is 0.404. The molecule has 0 unspecified atom stereocenters. The van der Waals surface area contributed by atoms with E-state index in [4.69, 9.17) is 10.1 Å². The summed E-state index contributed by atoms with van der Waals surface area (Å²) in [5, 5.41) is 7.30. The lowest BCUT2D eigenvalue weighted by Crippen LogP contribution is -2.06. The number of nitrogens with one attached hydrogen (secondary N) is 1. The molecule has 1 aromatic carbocycles. The molecule has 0 aliphatic heterocycles. The summed E-state index contributed by atoms with van der Waals surface area (Å²) in [6.45, 7) is 2.14. The van der Waals surface area contributed by atoms with Gasteiger partial charge in [-0.2, -0.15) is 0 Å². The zero-order valence-corrected chi connectivity index (χ0v) is 7.81. The molecule has 76 valence electrons. The number of benzene rings is 1. The number of rotatable bonds is 3. The third-order valence-corrected chi connectivity index (χ3v) is 1.61. The van der Waals surface area contributed by atoms with E-state index < -0.39 is 11.6 Å². The second-order valence-corrected chi connectivity index (χ2v) is 2.81. The van der Waals surface area contributed by atoms with Gasteiger partial charge in [0.25, 0.3) is 0 Å². The smallest absolute Gasteiger partial charge is 0.184 e. The fourth-order valence-corrected chi connectivity index (χ4v) is 1.12. The van der Waals surface area contributed by atoms with Crippen LogP contribution in [0.2, 0.25) is 0 Å². The van der Waals surface area contributed by atoms with E-state index in [2.05, 4.69) is 0 Å². The minimum Gasteiger partial charge on any atom is -0.481 e. The summed E-state index contributed by atoms with van der Waals surface area (Å²) >= 11 is 0. The predicted molar refractivity (Wildman–Crippen MR) is 49.4 cm³/mol. The van der Waals surface area contributed by atoms with Crippen LogP contribution in [0.5, 0.6) is 0 Å². The Morgan fingerprint density at radius 3 is 2.36 bits per heavy atom. The molecule has 0 saturated heterocycles. The lowest BCUT2D eigenvalue weighted by Gasteiger charge is -2.04. The van der Waals surface area contributed by atoms with Gasteiger partial charge in [0.2, 0.25) is 0 Å². The SMILES string of the molecule is CCOC(=N)Cc1cc(F)cc(F)c1. The van der Waals surface area contributed by atoms with E-state index in [0.29, 0.717) is 12.2 Å². The quantitative estimate of drug-likeness (QED) is 0.589. The summed E-state index contributed by atoms with van der Waals surface area (Å²) in [4.78, 5) is 0. The maximum atomic E-state index is 12.7. The highest BCUT2D eigenvalue weighted by atomic mass is 19.1. The Morgan fingerprint density at radius 2 is 1.86 bits per heavy atom. The van der Waals surface area contributed by atoms with Crippen molar-refractivity contribution < 1.29 is 13.5 Å². The van der Waals surface area contributed by atoms with Crippen LogP contribution >= 0.6 is 0 Å². The minimum atomic E-state index is -0.635. The molecule has 0 fully saturated rings. The molecule has 14 heavy (non-hydrogen) atoms. The fraction of sp³-hybridized carbons (Fsp3) is 0.300. The third kappa shape index (κ3) is 3.12. The molecule has 0 aliphatic carbocycles. The molecule has 0 aromatic heterocycles. The molecule has 0 heterocycles. The number of ether oxygens (including phenoxy) is 1. The van der Waals surface area contributed by atoms with Gasteiger partial charge in [0.05, 0.1) is 6.61 Å². The average molecular weight is 199 g/mol. The molecular weight excluding hydrogens is 188 g/mol. The maximum absolute atomic E-state index is 12.7. The van der Waals surface area contributed by atoms with Crippen molar-refractivity contribution >= 4 is 5.90 Å². The van der Waals surface area contributed by atoms with Crippen molar-refractivity contribution in [2.24, 2.45) is 0 Å². The molecular formula is C10H11F2NO. The van der Waals surface area contributed by atoms with Gasteiger partial charge in [-0.15, -0.1) is 0 Å². The van der Waals surface area contributed by atoms with Crippen molar-refractivity contribution in [2.45, 2.75) is 13.3 Å². The van der Waals surface area contributed by atoms with Gasteiger partial charge in [-0.05, 0) is 24.6 Å². The van der Waals surface area contributed by atoms with Crippen molar-refractivity contribution in [1.29, 1.82) is 5.41 Å². The molecule has 0 amide bonds. The Morgan fingerprint density at radius 1 is 1.29 bits per heavy atom. The Hall–Kier alpha value is -1.45. The van der Waals surface area contributed by atoms with Gasteiger partial charge in [0.1, 0.15) is 11.6 Å². The van der Waals surface area contributed by atoms with E-state index in [0.717, 1.165) is 6.07 Å². The van der Waals surface area contributed by atoms with Crippen molar-refractivity contribution in [3.63, 3.8) is 0 Å². The van der Waals surface area contributed by atoms with E-state index in [1.807, 2.05) is 0 Å². The molecule has 0 aliphatic rings. The van der Waals surface area contributed by atoms with E-state index in [9.17, 15) is 8.78 Å². The van der Waals surface area contributed by atoms with Gasteiger partial charge < -0.3 is 4.74 Å². The highest BCUT2D eigenvalue weighted by Gasteiger charge is 2.03. The predicted octanol–water partition coefficient (Wildman–Crippen LogP) is 2.52. The average Bonchev–Trinajstić information content (AvgIpc) is 2.01. The highest BCUT2D eigenvalue weighted by Crippen LogP contribution is 2.09. The van der Waals surface area contributed by atoms with Gasteiger partial charge in [-0.1, -0.05) is 0 Å². The summed E-state index contributed by atoms with van der Waals surface area (Å²) < 4.78 is 30.3. The van der Waals surface area contributed by atoms with Crippen LogP contribution in [0.3, 0.4) is 0 Å². The molecule has 0 radical (unpaired) electrons. The number of hydrogen-bond acceptors (Lipinski definition) is 2. The maximum Gasteiger partial charge on any atom is 0.184 e. The van der Waals surface area contributed by atoms with E-state index in [-0.39, 0.29) is 12.3 Å². The van der Waals surface area contributed by atoms with Crippen molar-refractivity contribution in [3.05, 3.63) is 35.4 Å². The van der Waals surface area contributed by atoms with Crippen LogP contribution in [0, 0.1) is 17.0 Å². The summed E-state index contributed by atoms with van der Waals surface area (Å²) in [6, 6.07) is 3.18. The van der Waals surface area contributed by atoms with Crippen LogP contribution in [-0.4, -0.2) is 12.5 Å².